The molecule has 1 saturated heterocycles. The number of nitrogens with one attached hydrogen (secondary N) is 1. The van der Waals surface area contributed by atoms with Crippen molar-refractivity contribution in [3.8, 4) is 0 Å². The normalized spacial score (nSPS) is 21.5. The minimum Gasteiger partial charge on any atom is -0.316 e. The Bertz CT molecular complexity index is 454. The van der Waals surface area contributed by atoms with Crippen LogP contribution in [0, 0.1) is 13.8 Å². The second-order valence-electron chi connectivity index (χ2n) is 5.95. The van der Waals surface area contributed by atoms with Gasteiger partial charge in [-0.05, 0) is 38.9 Å². The van der Waals surface area contributed by atoms with E-state index in [-0.39, 0.29) is 0 Å². The van der Waals surface area contributed by atoms with Crippen LogP contribution in [0.4, 0.5) is 0 Å². The van der Waals surface area contributed by atoms with E-state index in [2.05, 4.69) is 45.0 Å². The maximum Gasteiger partial charge on any atom is 0.146 e. The average Bonchev–Trinajstić information content (AvgIpc) is 2.44. The van der Waals surface area contributed by atoms with Gasteiger partial charge in [-0.1, -0.05) is 13.8 Å². The molecule has 0 aliphatic carbocycles. The van der Waals surface area contributed by atoms with Gasteiger partial charge in [0.25, 0.3) is 0 Å². The molecule has 2 unspecified atom stereocenters. The molecular formula is C16H28N4S. The second kappa shape index (κ2) is 7.56. The third-order valence-corrected chi connectivity index (χ3v) is 5.25. The molecule has 0 amide bonds. The van der Waals surface area contributed by atoms with E-state index in [9.17, 15) is 0 Å². The summed E-state index contributed by atoms with van der Waals surface area (Å²) in [7, 11) is 2.18. The molecule has 2 heterocycles. The van der Waals surface area contributed by atoms with Crippen LogP contribution in [0.2, 0.25) is 0 Å². The molecule has 0 radical (unpaired) electrons. The van der Waals surface area contributed by atoms with Crippen molar-refractivity contribution in [2.24, 2.45) is 0 Å². The lowest BCUT2D eigenvalue weighted by atomic mass is 9.97. The van der Waals surface area contributed by atoms with Gasteiger partial charge in [-0.25, -0.2) is 9.97 Å². The van der Waals surface area contributed by atoms with E-state index in [1.54, 1.807) is 0 Å². The maximum atomic E-state index is 4.84. The Labute approximate surface area is 133 Å². The molecule has 1 aliphatic rings. The minimum absolute atomic E-state index is 0.360. The number of rotatable bonds is 5. The van der Waals surface area contributed by atoms with Crippen LogP contribution in [0.25, 0.3) is 0 Å². The summed E-state index contributed by atoms with van der Waals surface area (Å²) in [6.07, 6.45) is 0. The molecule has 0 spiro atoms. The Hall–Kier alpha value is -0.650. The molecule has 118 valence electrons. The van der Waals surface area contributed by atoms with E-state index < -0.39 is 0 Å². The number of hydrogen-bond acceptors (Lipinski definition) is 5. The lowest BCUT2D eigenvalue weighted by Crippen LogP contribution is -2.34. The molecule has 2 rings (SSSR count). The monoisotopic (exact) mass is 308 g/mol. The fraction of sp³-hybridized carbons (Fsp3) is 0.750. The van der Waals surface area contributed by atoms with Gasteiger partial charge in [0.1, 0.15) is 5.82 Å². The Morgan fingerprint density at radius 1 is 1.33 bits per heavy atom. The summed E-state index contributed by atoms with van der Waals surface area (Å²) in [6.45, 7) is 11.8. The van der Waals surface area contributed by atoms with E-state index in [1.165, 1.54) is 11.3 Å². The average molecular weight is 308 g/mol. The van der Waals surface area contributed by atoms with Gasteiger partial charge < -0.3 is 5.32 Å². The molecule has 1 aromatic heterocycles. The number of nitrogens with zero attached hydrogens (tertiary/aromatic N) is 3. The highest BCUT2D eigenvalue weighted by Gasteiger charge is 2.25. The van der Waals surface area contributed by atoms with Crippen molar-refractivity contribution in [1.29, 1.82) is 0 Å². The molecule has 2 atom stereocenters. The maximum absolute atomic E-state index is 4.84. The van der Waals surface area contributed by atoms with Gasteiger partial charge in [0.05, 0.1) is 6.04 Å². The molecule has 0 bridgehead atoms. The van der Waals surface area contributed by atoms with E-state index >= 15 is 0 Å². The summed E-state index contributed by atoms with van der Waals surface area (Å²) < 4.78 is 0. The van der Waals surface area contributed by atoms with Crippen LogP contribution in [0.3, 0.4) is 0 Å². The van der Waals surface area contributed by atoms with Crippen LogP contribution in [0.5, 0.6) is 0 Å². The van der Waals surface area contributed by atoms with E-state index in [4.69, 9.17) is 9.97 Å². The summed E-state index contributed by atoms with van der Waals surface area (Å²) in [5.74, 6) is 3.77. The molecular weight excluding hydrogens is 280 g/mol. The Morgan fingerprint density at radius 3 is 2.57 bits per heavy atom. The van der Waals surface area contributed by atoms with E-state index in [0.29, 0.717) is 12.0 Å². The summed E-state index contributed by atoms with van der Waals surface area (Å²) in [4.78, 5) is 12.1. The standard InChI is InChI=1S/C16H28N4S/c1-6-17-9-11(2)15-12(3)18-16(19-13(15)4)14-10-21-8-7-20(14)5/h11,14,17H,6-10H2,1-5H3. The van der Waals surface area contributed by atoms with Crippen LogP contribution in [-0.2, 0) is 0 Å². The van der Waals surface area contributed by atoms with Gasteiger partial charge >= 0.3 is 0 Å². The molecule has 1 fully saturated rings. The number of aromatic nitrogens is 2. The molecule has 5 heteroatoms. The van der Waals surface area contributed by atoms with E-state index in [1.807, 2.05) is 11.8 Å². The summed E-state index contributed by atoms with van der Waals surface area (Å²) in [5.41, 5.74) is 3.60. The Kier molecular flexibility index (Phi) is 6.02. The second-order valence-corrected chi connectivity index (χ2v) is 7.10. The zero-order chi connectivity index (χ0) is 15.4. The van der Waals surface area contributed by atoms with Gasteiger partial charge in [0, 0.05) is 36.0 Å². The third-order valence-electron chi connectivity index (χ3n) is 4.23. The summed E-state index contributed by atoms with van der Waals surface area (Å²) in [6, 6.07) is 0.360. The first kappa shape index (κ1) is 16.7. The first-order valence-electron chi connectivity index (χ1n) is 7.88. The van der Waals surface area contributed by atoms with Gasteiger partial charge in [-0.2, -0.15) is 11.8 Å². The van der Waals surface area contributed by atoms with Crippen molar-refractivity contribution in [3.05, 3.63) is 22.8 Å². The van der Waals surface area contributed by atoms with Gasteiger partial charge in [0.15, 0.2) is 0 Å². The highest BCUT2D eigenvalue weighted by molar-refractivity contribution is 7.99. The van der Waals surface area contributed by atoms with Crippen molar-refractivity contribution in [3.63, 3.8) is 0 Å². The first-order valence-corrected chi connectivity index (χ1v) is 9.03. The van der Waals surface area contributed by atoms with Crippen molar-refractivity contribution in [1.82, 2.24) is 20.2 Å². The summed E-state index contributed by atoms with van der Waals surface area (Å²) in [5, 5.41) is 3.42. The van der Waals surface area contributed by atoms with Gasteiger partial charge in [0.2, 0.25) is 0 Å². The fourth-order valence-corrected chi connectivity index (χ4v) is 4.24. The smallest absolute Gasteiger partial charge is 0.146 e. The van der Waals surface area contributed by atoms with Crippen LogP contribution in [0.1, 0.15) is 48.6 Å². The number of hydrogen-bond donors (Lipinski definition) is 1. The summed E-state index contributed by atoms with van der Waals surface area (Å²) >= 11 is 2.00. The van der Waals surface area contributed by atoms with Crippen LogP contribution < -0.4 is 5.32 Å². The predicted octanol–water partition coefficient (Wildman–Crippen LogP) is 2.53. The zero-order valence-corrected chi connectivity index (χ0v) is 14.8. The molecule has 1 N–H and O–H groups in total. The number of aryl methyl sites for hydroxylation is 2. The highest BCUT2D eigenvalue weighted by atomic mass is 32.2. The Balaban J connectivity index is 2.23. The largest absolute Gasteiger partial charge is 0.316 e. The number of likely N-dealkylation sites (N-methyl/N-ethyl adjacent to an activating group) is 1. The quantitative estimate of drug-likeness (QED) is 0.905. The van der Waals surface area contributed by atoms with Gasteiger partial charge in [-0.15, -0.1) is 0 Å². The molecule has 1 aliphatic heterocycles. The molecule has 0 aromatic carbocycles. The van der Waals surface area contributed by atoms with Crippen LogP contribution in [-0.4, -0.2) is 53.1 Å². The Morgan fingerprint density at radius 2 is 2.00 bits per heavy atom. The predicted molar refractivity (Wildman–Crippen MR) is 91.2 cm³/mol. The molecule has 0 saturated carbocycles. The molecule has 4 nitrogen and oxygen atoms in total. The van der Waals surface area contributed by atoms with E-state index in [0.717, 1.165) is 42.6 Å². The van der Waals surface area contributed by atoms with Crippen LogP contribution in [0.15, 0.2) is 0 Å². The lowest BCUT2D eigenvalue weighted by Gasteiger charge is -2.31. The first-order chi connectivity index (χ1) is 10.0. The lowest BCUT2D eigenvalue weighted by molar-refractivity contribution is 0.263. The number of thioether (sulfide) groups is 1. The van der Waals surface area contributed by atoms with Crippen molar-refractivity contribution < 1.29 is 0 Å². The SMILES string of the molecule is CCNCC(C)c1c(C)nc(C2CSCCN2C)nc1C. The molecule has 21 heavy (non-hydrogen) atoms. The van der Waals surface area contributed by atoms with Crippen molar-refractivity contribution >= 4 is 11.8 Å². The molecule has 1 aromatic rings. The zero-order valence-electron chi connectivity index (χ0n) is 13.9. The minimum atomic E-state index is 0.360. The van der Waals surface area contributed by atoms with Crippen molar-refractivity contribution in [2.45, 2.75) is 39.7 Å². The van der Waals surface area contributed by atoms with Crippen LogP contribution >= 0.6 is 11.8 Å². The fourth-order valence-electron chi connectivity index (χ4n) is 3.03. The third kappa shape index (κ3) is 3.96. The highest BCUT2D eigenvalue weighted by Crippen LogP contribution is 2.28. The van der Waals surface area contributed by atoms with Crippen molar-refractivity contribution in [2.75, 3.05) is 38.2 Å². The van der Waals surface area contributed by atoms with Gasteiger partial charge in [-0.3, -0.25) is 4.90 Å². The topological polar surface area (TPSA) is 41.1 Å².